The molecule has 1 amide bonds. The summed E-state index contributed by atoms with van der Waals surface area (Å²) in [5, 5.41) is 8.93. The number of anilines is 1. The molecule has 1 aliphatic rings. The van der Waals surface area contributed by atoms with Gasteiger partial charge in [-0.05, 0) is 35.9 Å². The number of fused-ring (bicyclic) bond motifs is 1. The fourth-order valence-electron chi connectivity index (χ4n) is 2.54. The number of carboxylic acids is 1. The van der Waals surface area contributed by atoms with Gasteiger partial charge in [0, 0.05) is 6.54 Å². The number of aliphatic carboxylic acids is 1. The molecular weight excluding hydrogens is 322 g/mol. The second-order valence-corrected chi connectivity index (χ2v) is 5.45. The third-order valence-corrected chi connectivity index (χ3v) is 3.79. The molecule has 0 saturated heterocycles. The normalized spacial score (nSPS) is 14.8. The third-order valence-electron chi connectivity index (χ3n) is 3.79. The predicted octanol–water partition coefficient (Wildman–Crippen LogP) is 2.94. The molecule has 0 bridgehead atoms. The van der Waals surface area contributed by atoms with Crippen LogP contribution in [0.5, 0.6) is 11.5 Å². The molecule has 25 heavy (non-hydrogen) atoms. The molecule has 3 rings (SSSR count). The minimum Gasteiger partial charge on any atom is -0.497 e. The molecule has 0 fully saturated rings. The lowest BCUT2D eigenvalue weighted by atomic mass is 10.1. The van der Waals surface area contributed by atoms with Crippen LogP contribution in [0.2, 0.25) is 0 Å². The summed E-state index contributed by atoms with van der Waals surface area (Å²) in [7, 11) is 1.58. The third kappa shape index (κ3) is 3.63. The van der Waals surface area contributed by atoms with Crippen LogP contribution in [-0.2, 0) is 9.59 Å². The Morgan fingerprint density at radius 3 is 2.60 bits per heavy atom. The number of carboxylic acid groups (broad SMARTS) is 1. The molecule has 0 aromatic heterocycles. The van der Waals surface area contributed by atoms with Gasteiger partial charge in [0.2, 0.25) is 0 Å². The quantitative estimate of drug-likeness (QED) is 0.848. The number of ether oxygens (including phenoxy) is 2. The molecular formula is C19H17NO5. The lowest BCUT2D eigenvalue weighted by molar-refractivity contribution is -0.136. The summed E-state index contributed by atoms with van der Waals surface area (Å²) in [6, 6.07) is 14.3. The van der Waals surface area contributed by atoms with E-state index >= 15 is 0 Å². The van der Waals surface area contributed by atoms with E-state index in [-0.39, 0.29) is 24.6 Å². The Labute approximate surface area is 144 Å². The molecule has 2 aromatic rings. The molecule has 1 aliphatic heterocycles. The lowest BCUT2D eigenvalue weighted by Gasteiger charge is -2.30. The summed E-state index contributed by atoms with van der Waals surface area (Å²) in [6.45, 7) is 0.0779. The largest absolute Gasteiger partial charge is 0.497 e. The molecule has 0 saturated carbocycles. The summed E-state index contributed by atoms with van der Waals surface area (Å²) in [5.74, 6) is 0.0567. The molecule has 6 heteroatoms. The van der Waals surface area contributed by atoms with Crippen LogP contribution in [0.15, 0.2) is 54.3 Å². The van der Waals surface area contributed by atoms with Crippen molar-refractivity contribution in [1.29, 1.82) is 0 Å². The molecule has 0 unspecified atom stereocenters. The summed E-state index contributed by atoms with van der Waals surface area (Å²) >= 11 is 0. The van der Waals surface area contributed by atoms with Crippen molar-refractivity contribution < 1.29 is 24.2 Å². The predicted molar refractivity (Wildman–Crippen MR) is 92.6 cm³/mol. The van der Waals surface area contributed by atoms with E-state index < -0.39 is 5.97 Å². The van der Waals surface area contributed by atoms with E-state index in [0.29, 0.717) is 17.2 Å². The number of amides is 1. The molecule has 1 heterocycles. The number of carbonyl (C=O) groups excluding carboxylic acids is 1. The van der Waals surface area contributed by atoms with Crippen LogP contribution in [0.1, 0.15) is 12.0 Å². The fourth-order valence-corrected chi connectivity index (χ4v) is 2.54. The first kappa shape index (κ1) is 16.6. The highest BCUT2D eigenvalue weighted by molar-refractivity contribution is 6.10. The van der Waals surface area contributed by atoms with Crippen molar-refractivity contribution in [2.45, 2.75) is 6.42 Å². The molecule has 2 aromatic carbocycles. The van der Waals surface area contributed by atoms with E-state index in [0.717, 1.165) is 5.56 Å². The zero-order chi connectivity index (χ0) is 17.8. The van der Waals surface area contributed by atoms with E-state index in [4.69, 9.17) is 14.6 Å². The van der Waals surface area contributed by atoms with Gasteiger partial charge in [0.1, 0.15) is 5.75 Å². The Balaban J connectivity index is 1.94. The number of carbonyl (C=O) groups is 2. The molecule has 0 aliphatic carbocycles. The average molecular weight is 339 g/mol. The van der Waals surface area contributed by atoms with Gasteiger partial charge in [0.05, 0.1) is 19.2 Å². The Bertz CT molecular complexity index is 826. The molecule has 1 N–H and O–H groups in total. The highest BCUT2D eigenvalue weighted by Gasteiger charge is 2.30. The van der Waals surface area contributed by atoms with Gasteiger partial charge in [-0.25, -0.2) is 0 Å². The van der Waals surface area contributed by atoms with Gasteiger partial charge in [-0.15, -0.1) is 0 Å². The van der Waals surface area contributed by atoms with Crippen molar-refractivity contribution in [1.82, 2.24) is 0 Å². The van der Waals surface area contributed by atoms with Gasteiger partial charge in [0.25, 0.3) is 5.91 Å². The average Bonchev–Trinajstić information content (AvgIpc) is 2.62. The maximum Gasteiger partial charge on any atom is 0.305 e. The Kier molecular flexibility index (Phi) is 4.70. The van der Waals surface area contributed by atoms with Crippen LogP contribution in [0, 0.1) is 0 Å². The zero-order valence-corrected chi connectivity index (χ0v) is 13.6. The van der Waals surface area contributed by atoms with Crippen molar-refractivity contribution in [2.75, 3.05) is 18.6 Å². The summed E-state index contributed by atoms with van der Waals surface area (Å²) in [5.41, 5.74) is 1.35. The maximum absolute atomic E-state index is 12.7. The molecule has 128 valence electrons. The van der Waals surface area contributed by atoms with E-state index in [1.54, 1.807) is 49.6 Å². The van der Waals surface area contributed by atoms with Crippen molar-refractivity contribution in [3.8, 4) is 11.5 Å². The second kappa shape index (κ2) is 7.09. The summed E-state index contributed by atoms with van der Waals surface area (Å²) in [6.07, 6.45) is 1.49. The first-order valence-electron chi connectivity index (χ1n) is 7.75. The minimum absolute atomic E-state index is 0.0779. The molecule has 6 nitrogen and oxygen atoms in total. The van der Waals surface area contributed by atoms with Gasteiger partial charge < -0.3 is 19.5 Å². The smallest absolute Gasteiger partial charge is 0.305 e. The Morgan fingerprint density at radius 1 is 1.20 bits per heavy atom. The van der Waals surface area contributed by atoms with Gasteiger partial charge >= 0.3 is 5.97 Å². The number of methoxy groups -OCH3 is 1. The van der Waals surface area contributed by atoms with Gasteiger partial charge in [-0.2, -0.15) is 0 Å². The van der Waals surface area contributed by atoms with Crippen LogP contribution < -0.4 is 14.4 Å². The van der Waals surface area contributed by atoms with Crippen LogP contribution in [-0.4, -0.2) is 30.6 Å². The van der Waals surface area contributed by atoms with E-state index in [9.17, 15) is 9.59 Å². The first-order valence-corrected chi connectivity index (χ1v) is 7.75. The van der Waals surface area contributed by atoms with E-state index in [2.05, 4.69) is 0 Å². The van der Waals surface area contributed by atoms with Crippen molar-refractivity contribution >= 4 is 23.6 Å². The highest BCUT2D eigenvalue weighted by Crippen LogP contribution is 2.35. The standard InChI is InChI=1S/C19H17NO5/c1-24-14-8-6-13(7-9-14)12-17-19(23)20(11-10-18(21)22)15-4-2-3-5-16(15)25-17/h2-9,12H,10-11H2,1H3,(H,21,22)/b17-12+. The van der Waals surface area contributed by atoms with Crippen LogP contribution >= 0.6 is 0 Å². The zero-order valence-electron chi connectivity index (χ0n) is 13.6. The van der Waals surface area contributed by atoms with Crippen molar-refractivity contribution in [3.63, 3.8) is 0 Å². The summed E-state index contributed by atoms with van der Waals surface area (Å²) in [4.78, 5) is 25.1. The van der Waals surface area contributed by atoms with Gasteiger partial charge in [-0.3, -0.25) is 9.59 Å². The number of hydrogen-bond donors (Lipinski definition) is 1. The van der Waals surface area contributed by atoms with Crippen LogP contribution in [0.3, 0.4) is 0 Å². The lowest BCUT2D eigenvalue weighted by Crippen LogP contribution is -2.38. The minimum atomic E-state index is -0.961. The number of benzene rings is 2. The Hall–Kier alpha value is -3.28. The van der Waals surface area contributed by atoms with Gasteiger partial charge in [0.15, 0.2) is 11.5 Å². The summed E-state index contributed by atoms with van der Waals surface area (Å²) < 4.78 is 10.8. The molecule has 0 atom stereocenters. The second-order valence-electron chi connectivity index (χ2n) is 5.45. The van der Waals surface area contributed by atoms with E-state index in [1.165, 1.54) is 4.90 Å². The van der Waals surface area contributed by atoms with Crippen LogP contribution in [0.25, 0.3) is 6.08 Å². The number of para-hydroxylation sites is 2. The van der Waals surface area contributed by atoms with Crippen molar-refractivity contribution in [3.05, 3.63) is 59.9 Å². The topological polar surface area (TPSA) is 76.1 Å². The molecule has 0 radical (unpaired) electrons. The number of rotatable bonds is 5. The first-order chi connectivity index (χ1) is 12.1. The maximum atomic E-state index is 12.7. The Morgan fingerprint density at radius 2 is 1.92 bits per heavy atom. The van der Waals surface area contributed by atoms with Crippen molar-refractivity contribution in [2.24, 2.45) is 0 Å². The highest BCUT2D eigenvalue weighted by atomic mass is 16.5. The van der Waals surface area contributed by atoms with Crippen LogP contribution in [0.4, 0.5) is 5.69 Å². The molecule has 0 spiro atoms. The SMILES string of the molecule is COc1ccc(/C=C2/Oc3ccccc3N(CCC(=O)O)C2=O)cc1. The van der Waals surface area contributed by atoms with E-state index in [1.807, 2.05) is 12.1 Å². The number of nitrogens with zero attached hydrogens (tertiary/aromatic N) is 1. The number of hydrogen-bond acceptors (Lipinski definition) is 4. The monoisotopic (exact) mass is 339 g/mol. The van der Waals surface area contributed by atoms with Gasteiger partial charge in [-0.1, -0.05) is 24.3 Å². The fraction of sp³-hybridized carbons (Fsp3) is 0.158.